The van der Waals surface area contributed by atoms with E-state index in [1.165, 1.54) is 0 Å². The molecule has 0 atom stereocenters. The maximum Gasteiger partial charge on any atom is 0.114 e. The van der Waals surface area contributed by atoms with Gasteiger partial charge in [0.2, 0.25) is 0 Å². The number of hydrogen-bond acceptors (Lipinski definition) is 4. The molecule has 2 rings (SSSR count). The average Bonchev–Trinajstić information content (AvgIpc) is 2.15. The van der Waals surface area contributed by atoms with E-state index in [-0.39, 0.29) is 0 Å². The highest BCUT2D eigenvalue weighted by Gasteiger charge is 2.20. The van der Waals surface area contributed by atoms with E-state index in [0.29, 0.717) is 16.5 Å². The largest absolute Gasteiger partial charge is 0.398 e. The minimum atomic E-state index is -2.45. The highest BCUT2D eigenvalue weighted by Crippen LogP contribution is 2.39. The summed E-state index contributed by atoms with van der Waals surface area (Å²) in [6, 6.07) is 1.81. The molecule has 0 aliphatic heterocycles. The van der Waals surface area contributed by atoms with Gasteiger partial charge in [0, 0.05) is 18.1 Å². The van der Waals surface area contributed by atoms with Crippen LogP contribution in [0.2, 0.25) is 0 Å². The molecule has 0 unspecified atom stereocenters. The van der Waals surface area contributed by atoms with Gasteiger partial charge in [0.25, 0.3) is 0 Å². The fourth-order valence-corrected chi connectivity index (χ4v) is 3.23. The normalized spacial score (nSPS) is 11.9. The third-order valence-corrected chi connectivity index (χ3v) is 4.03. The number of hydrogen-bond donors (Lipinski definition) is 1. The van der Waals surface area contributed by atoms with Crippen LogP contribution < -0.4 is 11.0 Å². The molecule has 2 N–H and O–H groups in total. The van der Waals surface area contributed by atoms with Gasteiger partial charge < -0.3 is 10.3 Å². The molecule has 0 saturated carbocycles. The highest BCUT2D eigenvalue weighted by molar-refractivity contribution is 7.71. The number of rotatable bonds is 1. The molecule has 1 aromatic heterocycles. The molecule has 0 aliphatic carbocycles. The molecule has 0 amide bonds. The van der Waals surface area contributed by atoms with Crippen LogP contribution >= 0.6 is 7.14 Å². The summed E-state index contributed by atoms with van der Waals surface area (Å²) in [6.45, 7) is 5.32. The summed E-state index contributed by atoms with van der Waals surface area (Å²) in [5.41, 5.74) is 8.86. The molecule has 0 spiro atoms. The predicted molar refractivity (Wildman–Crippen MR) is 67.8 cm³/mol. The molecular weight excluding hydrogens is 221 g/mol. The molecule has 84 valence electrons. The first-order valence-electron chi connectivity index (χ1n) is 4.96. The number of nitrogen functional groups attached to an aromatic ring is 1. The van der Waals surface area contributed by atoms with Gasteiger partial charge in [0.15, 0.2) is 0 Å². The Bertz CT molecular complexity index is 603. The van der Waals surface area contributed by atoms with Crippen molar-refractivity contribution < 1.29 is 4.57 Å². The standard InChI is InChI=1S/C11H14N3OP/c1-7-6-8(12)11(16(2,3)15)10-9(7)13-4-5-14-10/h4-6H,12H2,1-3H3. The van der Waals surface area contributed by atoms with Crippen molar-refractivity contribution in [3.8, 4) is 0 Å². The molecule has 0 bridgehead atoms. The summed E-state index contributed by atoms with van der Waals surface area (Å²) < 4.78 is 12.2. The summed E-state index contributed by atoms with van der Waals surface area (Å²) in [5, 5.41) is 0.640. The summed E-state index contributed by atoms with van der Waals surface area (Å²) in [6.07, 6.45) is 3.23. The van der Waals surface area contributed by atoms with Crippen molar-refractivity contribution in [2.75, 3.05) is 19.1 Å². The molecule has 0 fully saturated rings. The zero-order chi connectivity index (χ0) is 11.9. The Morgan fingerprint density at radius 2 is 1.75 bits per heavy atom. The third kappa shape index (κ3) is 1.69. The van der Waals surface area contributed by atoms with Crippen molar-refractivity contribution in [3.63, 3.8) is 0 Å². The Morgan fingerprint density at radius 3 is 2.31 bits per heavy atom. The second-order valence-corrected chi connectivity index (χ2v) is 7.38. The van der Waals surface area contributed by atoms with Crippen molar-refractivity contribution in [1.82, 2.24) is 9.97 Å². The maximum absolute atomic E-state index is 12.2. The quantitative estimate of drug-likeness (QED) is 0.604. The first-order valence-corrected chi connectivity index (χ1v) is 7.56. The lowest BCUT2D eigenvalue weighted by atomic mass is 10.2. The van der Waals surface area contributed by atoms with Gasteiger partial charge >= 0.3 is 0 Å². The average molecular weight is 235 g/mol. The number of nitrogens with zero attached hydrogens (tertiary/aromatic N) is 2. The first-order chi connectivity index (χ1) is 7.41. The molecule has 1 aromatic carbocycles. The summed E-state index contributed by atoms with van der Waals surface area (Å²) in [5.74, 6) is 0. The molecule has 5 heteroatoms. The van der Waals surface area contributed by atoms with Gasteiger partial charge in [-0.1, -0.05) is 0 Å². The summed E-state index contributed by atoms with van der Waals surface area (Å²) in [4.78, 5) is 8.51. The smallest absolute Gasteiger partial charge is 0.114 e. The van der Waals surface area contributed by atoms with E-state index in [9.17, 15) is 4.57 Å². The Morgan fingerprint density at radius 1 is 1.19 bits per heavy atom. The van der Waals surface area contributed by atoms with Gasteiger partial charge in [0.1, 0.15) is 12.7 Å². The first kappa shape index (κ1) is 11.1. The molecule has 1 heterocycles. The third-order valence-electron chi connectivity index (χ3n) is 2.48. The lowest BCUT2D eigenvalue weighted by Crippen LogP contribution is -2.13. The number of benzene rings is 1. The second-order valence-electron chi connectivity index (χ2n) is 4.24. The molecule has 0 radical (unpaired) electrons. The van der Waals surface area contributed by atoms with Crippen molar-refractivity contribution in [2.24, 2.45) is 0 Å². The minimum Gasteiger partial charge on any atom is -0.398 e. The van der Waals surface area contributed by atoms with Gasteiger partial charge in [-0.2, -0.15) is 0 Å². The van der Waals surface area contributed by atoms with Crippen molar-refractivity contribution >= 4 is 29.2 Å². The van der Waals surface area contributed by atoms with E-state index in [1.54, 1.807) is 25.7 Å². The van der Waals surface area contributed by atoms with E-state index >= 15 is 0 Å². The fourth-order valence-electron chi connectivity index (χ4n) is 1.87. The SMILES string of the molecule is Cc1cc(N)c(P(C)(C)=O)c2nccnc12. The molecule has 0 aliphatic rings. The topological polar surface area (TPSA) is 68.9 Å². The Kier molecular flexibility index (Phi) is 2.47. The molecule has 4 nitrogen and oxygen atoms in total. The molecule has 0 saturated heterocycles. The van der Waals surface area contributed by atoms with Gasteiger partial charge in [-0.05, 0) is 31.9 Å². The van der Waals surface area contributed by atoms with Crippen LogP contribution in [0.4, 0.5) is 5.69 Å². The van der Waals surface area contributed by atoms with Crippen LogP contribution in [-0.2, 0) is 4.57 Å². The highest BCUT2D eigenvalue weighted by atomic mass is 31.2. The van der Waals surface area contributed by atoms with E-state index < -0.39 is 7.14 Å². The maximum atomic E-state index is 12.2. The predicted octanol–water partition coefficient (Wildman–Crippen LogP) is 1.77. The Balaban J connectivity index is 2.99. The van der Waals surface area contributed by atoms with Crippen LogP contribution in [-0.4, -0.2) is 23.3 Å². The van der Waals surface area contributed by atoms with Crippen LogP contribution in [0, 0.1) is 6.92 Å². The van der Waals surface area contributed by atoms with Crippen LogP contribution in [0.15, 0.2) is 18.5 Å². The van der Waals surface area contributed by atoms with E-state index in [4.69, 9.17) is 5.73 Å². The zero-order valence-corrected chi connectivity index (χ0v) is 10.5. The van der Waals surface area contributed by atoms with Crippen LogP contribution in [0.5, 0.6) is 0 Å². The number of nitrogens with two attached hydrogens (primary N) is 1. The van der Waals surface area contributed by atoms with E-state index in [2.05, 4.69) is 9.97 Å². The second kappa shape index (κ2) is 3.56. The molecule has 2 aromatic rings. The van der Waals surface area contributed by atoms with E-state index in [1.807, 2.05) is 13.0 Å². The van der Waals surface area contributed by atoms with Crippen molar-refractivity contribution in [2.45, 2.75) is 6.92 Å². The van der Waals surface area contributed by atoms with Crippen molar-refractivity contribution in [1.29, 1.82) is 0 Å². The summed E-state index contributed by atoms with van der Waals surface area (Å²) in [7, 11) is -2.45. The minimum absolute atomic E-state index is 0.541. The fraction of sp³-hybridized carbons (Fsp3) is 0.273. The lowest BCUT2D eigenvalue weighted by molar-refractivity contribution is 0.588. The Hall–Kier alpha value is -1.41. The Labute approximate surface area is 94.3 Å². The van der Waals surface area contributed by atoms with Gasteiger partial charge in [0.05, 0.1) is 10.8 Å². The number of anilines is 1. The van der Waals surface area contributed by atoms with Crippen LogP contribution in [0.3, 0.4) is 0 Å². The van der Waals surface area contributed by atoms with Crippen LogP contribution in [0.1, 0.15) is 5.56 Å². The van der Waals surface area contributed by atoms with Crippen molar-refractivity contribution in [3.05, 3.63) is 24.0 Å². The zero-order valence-electron chi connectivity index (χ0n) is 9.56. The van der Waals surface area contributed by atoms with Crippen LogP contribution in [0.25, 0.3) is 11.0 Å². The molecule has 16 heavy (non-hydrogen) atoms. The number of aryl methyl sites for hydroxylation is 1. The number of aromatic nitrogens is 2. The van der Waals surface area contributed by atoms with E-state index in [0.717, 1.165) is 11.1 Å². The van der Waals surface area contributed by atoms with Gasteiger partial charge in [-0.3, -0.25) is 9.97 Å². The monoisotopic (exact) mass is 235 g/mol. The van der Waals surface area contributed by atoms with Gasteiger partial charge in [-0.15, -0.1) is 0 Å². The lowest BCUT2D eigenvalue weighted by Gasteiger charge is -2.14. The number of fused-ring (bicyclic) bond motifs is 1. The van der Waals surface area contributed by atoms with Gasteiger partial charge in [-0.25, -0.2) is 0 Å². The molecular formula is C11H14N3OP. The summed E-state index contributed by atoms with van der Waals surface area (Å²) >= 11 is 0.